The zero-order valence-electron chi connectivity index (χ0n) is 15.0. The van der Waals surface area contributed by atoms with Crippen molar-refractivity contribution in [1.29, 1.82) is 0 Å². The molecule has 0 saturated heterocycles. The predicted molar refractivity (Wildman–Crippen MR) is 93.5 cm³/mol. The molecular weight excluding hydrogens is 387 g/mol. The van der Waals surface area contributed by atoms with Crippen molar-refractivity contribution in [1.82, 2.24) is 15.5 Å². The second-order valence-corrected chi connectivity index (χ2v) is 6.26. The molecule has 2 atom stereocenters. The highest BCUT2D eigenvalue weighted by molar-refractivity contribution is 6.30. The number of carboxylic acid groups (broad SMARTS) is 1. The van der Waals surface area contributed by atoms with Gasteiger partial charge in [-0.15, -0.1) is 0 Å². The van der Waals surface area contributed by atoms with Crippen molar-refractivity contribution >= 4 is 17.6 Å². The Morgan fingerprint density at radius 1 is 1.30 bits per heavy atom. The third-order valence-corrected chi connectivity index (χ3v) is 3.65. The summed E-state index contributed by atoms with van der Waals surface area (Å²) < 4.78 is 37.0. The monoisotopic (exact) mass is 407 g/mol. The number of aryl methyl sites for hydroxylation is 1. The molecule has 0 spiro atoms. The minimum absolute atomic E-state index is 0.0464. The van der Waals surface area contributed by atoms with Crippen molar-refractivity contribution in [2.24, 2.45) is 0 Å². The quantitative estimate of drug-likeness (QED) is 0.746. The van der Waals surface area contributed by atoms with Crippen LogP contribution in [0.5, 0.6) is 0 Å². The van der Waals surface area contributed by atoms with Crippen LogP contribution in [-0.4, -0.2) is 33.4 Å². The van der Waals surface area contributed by atoms with Gasteiger partial charge in [0.05, 0.1) is 6.04 Å². The number of carbonyl (C=O) groups is 1. The summed E-state index contributed by atoms with van der Waals surface area (Å²) in [5.74, 6) is -1.36. The minimum atomic E-state index is -5.08. The zero-order chi connectivity index (χ0) is 20.6. The van der Waals surface area contributed by atoms with Crippen molar-refractivity contribution in [3.8, 4) is 0 Å². The van der Waals surface area contributed by atoms with Crippen molar-refractivity contribution in [2.75, 3.05) is 0 Å². The van der Waals surface area contributed by atoms with E-state index in [1.54, 1.807) is 0 Å². The number of rotatable bonds is 6. The number of nitrogens with one attached hydrogen (secondary N) is 1. The zero-order valence-corrected chi connectivity index (χ0v) is 15.8. The lowest BCUT2D eigenvalue weighted by Gasteiger charge is -2.17. The first-order chi connectivity index (χ1) is 12.5. The normalized spacial score (nSPS) is 13.4. The molecule has 2 aromatic rings. The van der Waals surface area contributed by atoms with Crippen LogP contribution in [0, 0.1) is 0 Å². The van der Waals surface area contributed by atoms with Gasteiger partial charge in [0.15, 0.2) is 5.82 Å². The van der Waals surface area contributed by atoms with Gasteiger partial charge in [-0.3, -0.25) is 0 Å². The first-order valence-corrected chi connectivity index (χ1v) is 8.53. The molecule has 2 N–H and O–H groups in total. The van der Waals surface area contributed by atoms with Crippen molar-refractivity contribution in [3.63, 3.8) is 0 Å². The van der Waals surface area contributed by atoms with Crippen LogP contribution in [0.4, 0.5) is 13.2 Å². The first-order valence-electron chi connectivity index (χ1n) is 8.16. The van der Waals surface area contributed by atoms with E-state index in [0.717, 1.165) is 23.7 Å². The number of hydrogen-bond donors (Lipinski definition) is 2. The summed E-state index contributed by atoms with van der Waals surface area (Å²) in [7, 11) is 0. The van der Waals surface area contributed by atoms with Gasteiger partial charge >= 0.3 is 12.1 Å². The van der Waals surface area contributed by atoms with Crippen molar-refractivity contribution in [3.05, 3.63) is 46.6 Å². The number of benzene rings is 1. The molecule has 2 rings (SSSR count). The summed E-state index contributed by atoms with van der Waals surface area (Å²) in [5.41, 5.74) is 1.25. The maximum Gasteiger partial charge on any atom is 0.490 e. The molecule has 1 aromatic carbocycles. The average Bonchev–Trinajstić information content (AvgIpc) is 3.06. The van der Waals surface area contributed by atoms with Crippen LogP contribution < -0.4 is 5.32 Å². The molecule has 0 aliphatic rings. The number of nitrogens with zero attached hydrogens (tertiary/aromatic N) is 2. The summed E-state index contributed by atoms with van der Waals surface area (Å²) >= 11 is 5.89. The summed E-state index contributed by atoms with van der Waals surface area (Å²) in [6, 6.07) is 8.28. The van der Waals surface area contributed by atoms with Gasteiger partial charge in [0.25, 0.3) is 0 Å². The van der Waals surface area contributed by atoms with Crippen molar-refractivity contribution in [2.45, 2.75) is 51.9 Å². The lowest BCUT2D eigenvalue weighted by atomic mass is 10.1. The number of hydrogen-bond acceptors (Lipinski definition) is 5. The molecule has 1 aromatic heterocycles. The van der Waals surface area contributed by atoms with Crippen LogP contribution >= 0.6 is 11.6 Å². The Bertz CT molecular complexity index is 720. The first kappa shape index (κ1) is 22.9. The Labute approximate surface area is 159 Å². The fourth-order valence-corrected chi connectivity index (χ4v) is 2.24. The predicted octanol–water partition coefficient (Wildman–Crippen LogP) is 4.20. The van der Waals surface area contributed by atoms with Gasteiger partial charge in [0.2, 0.25) is 5.89 Å². The van der Waals surface area contributed by atoms with Crippen LogP contribution in [-0.2, 0) is 17.6 Å². The summed E-state index contributed by atoms with van der Waals surface area (Å²) in [5, 5.41) is 15.3. The second kappa shape index (κ2) is 10.3. The van der Waals surface area contributed by atoms with Crippen LogP contribution in [0.1, 0.15) is 44.1 Å². The van der Waals surface area contributed by atoms with Gasteiger partial charge in [-0.1, -0.05) is 35.8 Å². The Morgan fingerprint density at radius 2 is 1.85 bits per heavy atom. The standard InChI is InChI=1S/C15H20ClN3O.C2HF3O2/c1-4-14-18-15(20-19-14)11(3)17-10(2)9-12-5-7-13(16)8-6-12;3-2(4,5)1(6)7/h5-8,10-11,17H,4,9H2,1-3H3;(H,6,7). The van der Waals surface area contributed by atoms with Gasteiger partial charge in [0, 0.05) is 17.5 Å². The largest absolute Gasteiger partial charge is 0.490 e. The third-order valence-electron chi connectivity index (χ3n) is 3.40. The van der Waals surface area contributed by atoms with Gasteiger partial charge in [-0.25, -0.2) is 4.79 Å². The van der Waals surface area contributed by atoms with Gasteiger partial charge < -0.3 is 14.9 Å². The number of aromatic nitrogens is 2. The molecule has 2 unspecified atom stereocenters. The number of halogens is 4. The molecule has 10 heteroatoms. The molecule has 0 amide bonds. The Balaban J connectivity index is 0.000000445. The van der Waals surface area contributed by atoms with E-state index in [9.17, 15) is 13.2 Å². The maximum absolute atomic E-state index is 10.6. The van der Waals surface area contributed by atoms with Crippen LogP contribution in [0.15, 0.2) is 28.8 Å². The van der Waals surface area contributed by atoms with E-state index >= 15 is 0 Å². The van der Waals surface area contributed by atoms with Gasteiger partial charge in [-0.2, -0.15) is 18.2 Å². The van der Waals surface area contributed by atoms with E-state index < -0.39 is 12.1 Å². The smallest absolute Gasteiger partial charge is 0.475 e. The second-order valence-electron chi connectivity index (χ2n) is 5.83. The van der Waals surface area contributed by atoms with E-state index in [1.807, 2.05) is 38.1 Å². The average molecular weight is 408 g/mol. The molecule has 150 valence electrons. The van der Waals surface area contributed by atoms with Gasteiger partial charge in [0.1, 0.15) is 0 Å². The summed E-state index contributed by atoms with van der Waals surface area (Å²) in [6.45, 7) is 6.18. The number of carboxylic acids is 1. The molecule has 0 saturated carbocycles. The molecular formula is C17H21ClF3N3O3. The van der Waals surface area contributed by atoms with E-state index in [4.69, 9.17) is 26.0 Å². The molecule has 6 nitrogen and oxygen atoms in total. The topological polar surface area (TPSA) is 88.3 Å². The molecule has 27 heavy (non-hydrogen) atoms. The Kier molecular flexibility index (Phi) is 8.71. The number of aliphatic carboxylic acids is 1. The highest BCUT2D eigenvalue weighted by Gasteiger charge is 2.38. The Hall–Kier alpha value is -2.13. The van der Waals surface area contributed by atoms with Crippen LogP contribution in [0.2, 0.25) is 5.02 Å². The SMILES string of the molecule is CCc1noc(C(C)NC(C)Cc2ccc(Cl)cc2)n1.O=C(O)C(F)(F)F. The molecule has 0 radical (unpaired) electrons. The van der Waals surface area contributed by atoms with Gasteiger partial charge in [-0.05, 0) is 38.0 Å². The lowest BCUT2D eigenvalue weighted by molar-refractivity contribution is -0.192. The molecule has 0 fully saturated rings. The molecule has 1 heterocycles. The summed E-state index contributed by atoms with van der Waals surface area (Å²) in [6.07, 6.45) is -3.37. The highest BCUT2D eigenvalue weighted by Crippen LogP contribution is 2.15. The van der Waals surface area contributed by atoms with Crippen LogP contribution in [0.3, 0.4) is 0 Å². The van der Waals surface area contributed by atoms with E-state index in [-0.39, 0.29) is 6.04 Å². The highest BCUT2D eigenvalue weighted by atomic mass is 35.5. The maximum atomic E-state index is 10.6. The Morgan fingerprint density at radius 3 is 2.30 bits per heavy atom. The molecule has 0 aliphatic heterocycles. The fraction of sp³-hybridized carbons (Fsp3) is 0.471. The van der Waals surface area contributed by atoms with Crippen LogP contribution in [0.25, 0.3) is 0 Å². The minimum Gasteiger partial charge on any atom is -0.475 e. The van der Waals surface area contributed by atoms with E-state index in [1.165, 1.54) is 5.56 Å². The molecule has 0 aliphatic carbocycles. The number of alkyl halides is 3. The fourth-order valence-electron chi connectivity index (χ4n) is 2.12. The molecule has 0 bridgehead atoms. The van der Waals surface area contributed by atoms with E-state index in [0.29, 0.717) is 11.9 Å². The summed E-state index contributed by atoms with van der Waals surface area (Å²) in [4.78, 5) is 13.2. The third kappa shape index (κ3) is 8.40. The van der Waals surface area contributed by atoms with E-state index in [2.05, 4.69) is 22.4 Å². The van der Waals surface area contributed by atoms with Crippen molar-refractivity contribution < 1.29 is 27.6 Å². The lowest BCUT2D eigenvalue weighted by Crippen LogP contribution is -2.30.